The van der Waals surface area contributed by atoms with E-state index in [0.29, 0.717) is 0 Å². The maximum atomic E-state index is 10.3. The first kappa shape index (κ1) is 11.3. The molecule has 70 valence electrons. The molecule has 0 aliphatic carbocycles. The van der Waals surface area contributed by atoms with Crippen molar-refractivity contribution in [1.82, 2.24) is 9.97 Å². The van der Waals surface area contributed by atoms with Crippen molar-refractivity contribution in [1.29, 1.82) is 0 Å². The third kappa shape index (κ3) is 2.68. The normalized spacial score (nSPS) is 8.62. The number of nitrogens with zero attached hydrogens (tertiary/aromatic N) is 2. The molecular formula is C6H5ClN2O4. The van der Waals surface area contributed by atoms with Crippen LogP contribution in [-0.4, -0.2) is 32.1 Å². The molecule has 6 nitrogen and oxygen atoms in total. The van der Waals surface area contributed by atoms with Crippen LogP contribution in [0.1, 0.15) is 21.0 Å². The smallest absolute Gasteiger partial charge is 0.354 e. The van der Waals surface area contributed by atoms with E-state index in [1.54, 1.807) is 0 Å². The summed E-state index contributed by atoms with van der Waals surface area (Å²) in [6, 6.07) is 0.894. The number of hydrogen-bond donors (Lipinski definition) is 2. The third-order valence-corrected chi connectivity index (χ3v) is 1.11. The van der Waals surface area contributed by atoms with E-state index in [9.17, 15) is 9.59 Å². The van der Waals surface area contributed by atoms with Crippen LogP contribution in [0.3, 0.4) is 0 Å². The van der Waals surface area contributed by atoms with Gasteiger partial charge in [-0.2, -0.15) is 0 Å². The van der Waals surface area contributed by atoms with Crippen molar-refractivity contribution < 1.29 is 19.8 Å². The van der Waals surface area contributed by atoms with Gasteiger partial charge in [0.15, 0.2) is 11.4 Å². The molecule has 0 radical (unpaired) electrons. The van der Waals surface area contributed by atoms with Gasteiger partial charge in [-0.05, 0) is 0 Å². The molecular weight excluding hydrogens is 200 g/mol. The zero-order valence-corrected chi connectivity index (χ0v) is 6.98. The SMILES string of the molecule is Cl.O=C(O)c1cc(C(=O)O)ncn1. The predicted octanol–water partition coefficient (Wildman–Crippen LogP) is 0.295. The summed E-state index contributed by atoms with van der Waals surface area (Å²) in [6.07, 6.45) is 0.896. The molecule has 1 rings (SSSR count). The number of carboxylic acid groups (broad SMARTS) is 2. The molecule has 13 heavy (non-hydrogen) atoms. The third-order valence-electron chi connectivity index (χ3n) is 1.11. The molecule has 0 atom stereocenters. The summed E-state index contributed by atoms with van der Waals surface area (Å²) >= 11 is 0. The van der Waals surface area contributed by atoms with Gasteiger partial charge in [0.25, 0.3) is 0 Å². The summed E-state index contributed by atoms with van der Waals surface area (Å²) in [4.78, 5) is 27.3. The molecule has 0 bridgehead atoms. The molecule has 2 N–H and O–H groups in total. The molecule has 0 aliphatic heterocycles. The summed E-state index contributed by atoms with van der Waals surface area (Å²) in [5, 5.41) is 16.8. The summed E-state index contributed by atoms with van der Waals surface area (Å²) in [7, 11) is 0. The number of aromatic carboxylic acids is 2. The van der Waals surface area contributed by atoms with E-state index in [2.05, 4.69) is 9.97 Å². The molecule has 1 aromatic rings. The Kier molecular flexibility index (Phi) is 3.80. The van der Waals surface area contributed by atoms with Gasteiger partial charge in [0.1, 0.15) is 6.33 Å². The largest absolute Gasteiger partial charge is 0.477 e. The average molecular weight is 205 g/mol. The van der Waals surface area contributed by atoms with Gasteiger partial charge in [-0.3, -0.25) is 0 Å². The number of halogens is 1. The summed E-state index contributed by atoms with van der Waals surface area (Å²) in [5.41, 5.74) is -0.662. The fourth-order valence-electron chi connectivity index (χ4n) is 0.591. The van der Waals surface area contributed by atoms with E-state index < -0.39 is 11.9 Å². The maximum Gasteiger partial charge on any atom is 0.354 e. The van der Waals surface area contributed by atoms with E-state index in [1.807, 2.05) is 0 Å². The highest BCUT2D eigenvalue weighted by Crippen LogP contribution is 1.97. The Labute approximate surface area is 78.7 Å². The molecule has 0 unspecified atom stereocenters. The van der Waals surface area contributed by atoms with Crippen molar-refractivity contribution in [3.63, 3.8) is 0 Å². The lowest BCUT2D eigenvalue weighted by Gasteiger charge is -1.93. The monoisotopic (exact) mass is 204 g/mol. The van der Waals surface area contributed by atoms with Crippen molar-refractivity contribution in [2.75, 3.05) is 0 Å². The van der Waals surface area contributed by atoms with Crippen LogP contribution in [-0.2, 0) is 0 Å². The molecule has 1 heterocycles. The molecule has 0 aliphatic rings. The lowest BCUT2D eigenvalue weighted by molar-refractivity contribution is 0.0689. The van der Waals surface area contributed by atoms with Gasteiger partial charge in [-0.15, -0.1) is 12.4 Å². The second kappa shape index (κ2) is 4.36. The van der Waals surface area contributed by atoms with Crippen LogP contribution >= 0.6 is 12.4 Å². The summed E-state index contributed by atoms with van der Waals surface area (Å²) < 4.78 is 0. The molecule has 0 spiro atoms. The fraction of sp³-hybridized carbons (Fsp3) is 0. The van der Waals surface area contributed by atoms with Gasteiger partial charge >= 0.3 is 11.9 Å². The number of carboxylic acids is 2. The van der Waals surface area contributed by atoms with Gasteiger partial charge in [0.2, 0.25) is 0 Å². The maximum absolute atomic E-state index is 10.3. The quantitative estimate of drug-likeness (QED) is 0.718. The Morgan fingerprint density at radius 3 is 1.77 bits per heavy atom. The van der Waals surface area contributed by atoms with E-state index in [4.69, 9.17) is 10.2 Å². The number of rotatable bonds is 2. The van der Waals surface area contributed by atoms with Crippen LogP contribution in [0.2, 0.25) is 0 Å². The number of carbonyl (C=O) groups is 2. The Morgan fingerprint density at radius 1 is 1.08 bits per heavy atom. The van der Waals surface area contributed by atoms with Crippen molar-refractivity contribution in [2.45, 2.75) is 0 Å². The molecule has 0 amide bonds. The van der Waals surface area contributed by atoms with Crippen molar-refractivity contribution in [3.05, 3.63) is 23.8 Å². The van der Waals surface area contributed by atoms with E-state index in [0.717, 1.165) is 12.4 Å². The molecule has 1 aromatic heterocycles. The highest BCUT2D eigenvalue weighted by Gasteiger charge is 2.09. The molecule has 0 fully saturated rings. The van der Waals surface area contributed by atoms with E-state index in [-0.39, 0.29) is 23.8 Å². The Balaban J connectivity index is 0.00000144. The number of hydrogen-bond acceptors (Lipinski definition) is 4. The molecule has 0 aromatic carbocycles. The van der Waals surface area contributed by atoms with Crippen LogP contribution in [0.4, 0.5) is 0 Å². The Hall–Kier alpha value is -1.69. The van der Waals surface area contributed by atoms with Crippen LogP contribution in [0, 0.1) is 0 Å². The van der Waals surface area contributed by atoms with Gasteiger partial charge < -0.3 is 10.2 Å². The number of aromatic nitrogens is 2. The highest BCUT2D eigenvalue weighted by molar-refractivity contribution is 5.90. The fourth-order valence-corrected chi connectivity index (χ4v) is 0.591. The van der Waals surface area contributed by atoms with Gasteiger partial charge in [0, 0.05) is 6.07 Å². The minimum absolute atomic E-state index is 0. The van der Waals surface area contributed by atoms with Crippen molar-refractivity contribution >= 4 is 24.3 Å². The summed E-state index contributed by atoms with van der Waals surface area (Å²) in [5.74, 6) is -2.56. The van der Waals surface area contributed by atoms with E-state index in [1.165, 1.54) is 0 Å². The Bertz CT molecular complexity index is 312. The molecule has 0 saturated carbocycles. The van der Waals surface area contributed by atoms with Gasteiger partial charge in [0.05, 0.1) is 0 Å². The second-order valence-corrected chi connectivity index (χ2v) is 1.90. The van der Waals surface area contributed by atoms with E-state index >= 15 is 0 Å². The second-order valence-electron chi connectivity index (χ2n) is 1.90. The highest BCUT2D eigenvalue weighted by atomic mass is 35.5. The predicted molar refractivity (Wildman–Crippen MR) is 43.2 cm³/mol. The molecule has 7 heteroatoms. The van der Waals surface area contributed by atoms with Gasteiger partial charge in [-0.1, -0.05) is 0 Å². The first-order valence-corrected chi connectivity index (χ1v) is 2.90. The molecule has 0 saturated heterocycles. The lowest BCUT2D eigenvalue weighted by atomic mass is 10.3. The first-order valence-electron chi connectivity index (χ1n) is 2.90. The zero-order valence-electron chi connectivity index (χ0n) is 6.17. The minimum Gasteiger partial charge on any atom is -0.477 e. The standard InChI is InChI=1S/C6H4N2O4.ClH/c9-5(10)3-1-4(6(11)12)8-2-7-3;/h1-2H,(H,9,10)(H,11,12);1H. The zero-order chi connectivity index (χ0) is 9.14. The summed E-state index contributed by atoms with van der Waals surface area (Å²) in [6.45, 7) is 0. The minimum atomic E-state index is -1.28. The van der Waals surface area contributed by atoms with Crippen LogP contribution < -0.4 is 0 Å². The van der Waals surface area contributed by atoms with Crippen LogP contribution in [0.15, 0.2) is 12.4 Å². The van der Waals surface area contributed by atoms with Gasteiger partial charge in [-0.25, -0.2) is 19.6 Å². The van der Waals surface area contributed by atoms with Crippen LogP contribution in [0.25, 0.3) is 0 Å². The first-order chi connectivity index (χ1) is 5.61. The van der Waals surface area contributed by atoms with Crippen molar-refractivity contribution in [3.8, 4) is 0 Å². The van der Waals surface area contributed by atoms with Crippen LogP contribution in [0.5, 0.6) is 0 Å². The lowest BCUT2D eigenvalue weighted by Crippen LogP contribution is -2.06. The topological polar surface area (TPSA) is 100 Å². The van der Waals surface area contributed by atoms with Crippen molar-refractivity contribution in [2.24, 2.45) is 0 Å². The average Bonchev–Trinajstić information content (AvgIpc) is 2.04. The Morgan fingerprint density at radius 2 is 1.46 bits per heavy atom.